The molecule has 1 unspecified atom stereocenters. The number of hydrogen-bond acceptors (Lipinski definition) is 3. The highest BCUT2D eigenvalue weighted by Crippen LogP contribution is 2.28. The Labute approximate surface area is 126 Å². The van der Waals surface area contributed by atoms with Crippen molar-refractivity contribution in [2.45, 2.75) is 51.2 Å². The Morgan fingerprint density at radius 3 is 2.95 bits per heavy atom. The number of ether oxygens (including phenoxy) is 1. The topological polar surface area (TPSA) is 41.6 Å². The van der Waals surface area contributed by atoms with Crippen molar-refractivity contribution in [3.63, 3.8) is 0 Å². The van der Waals surface area contributed by atoms with Crippen LogP contribution in [0.15, 0.2) is 24.3 Å². The number of rotatable bonds is 3. The molecule has 2 heterocycles. The van der Waals surface area contributed by atoms with E-state index in [4.69, 9.17) is 4.74 Å². The minimum Gasteiger partial charge on any atom is -0.382 e. The number of anilines is 2. The summed E-state index contributed by atoms with van der Waals surface area (Å²) in [5.41, 5.74) is 2.04. The van der Waals surface area contributed by atoms with Crippen molar-refractivity contribution in [1.29, 1.82) is 0 Å². The van der Waals surface area contributed by atoms with Gasteiger partial charge in [0.05, 0.1) is 5.60 Å². The molecule has 1 aromatic rings. The molecule has 1 N–H and O–H groups in total. The highest BCUT2D eigenvalue weighted by Gasteiger charge is 2.29. The standard InChI is InChI=1S/C17H24N2O2/c1-17(2)12-14(8-10-21-17)18-13-5-3-6-15(11-13)19-9-4-7-16(19)20/h3,5-6,11,14,18H,4,7-10,12H2,1-2H3. The van der Waals surface area contributed by atoms with Crippen LogP contribution < -0.4 is 10.2 Å². The number of nitrogens with zero attached hydrogens (tertiary/aromatic N) is 1. The number of amides is 1. The third kappa shape index (κ3) is 3.38. The fraction of sp³-hybridized carbons (Fsp3) is 0.588. The summed E-state index contributed by atoms with van der Waals surface area (Å²) in [5.74, 6) is 0.236. The van der Waals surface area contributed by atoms with Crippen molar-refractivity contribution < 1.29 is 9.53 Å². The van der Waals surface area contributed by atoms with Gasteiger partial charge in [0.15, 0.2) is 0 Å². The van der Waals surface area contributed by atoms with E-state index in [0.717, 1.165) is 43.8 Å². The van der Waals surface area contributed by atoms with Gasteiger partial charge in [0.1, 0.15) is 0 Å². The largest absolute Gasteiger partial charge is 0.382 e. The zero-order valence-electron chi connectivity index (χ0n) is 12.9. The Morgan fingerprint density at radius 1 is 1.38 bits per heavy atom. The van der Waals surface area contributed by atoms with Crippen LogP contribution in [0.2, 0.25) is 0 Å². The third-order valence-corrected chi connectivity index (χ3v) is 4.30. The molecule has 4 nitrogen and oxygen atoms in total. The Kier molecular flexibility index (Phi) is 3.89. The average Bonchev–Trinajstić information content (AvgIpc) is 2.84. The first-order valence-electron chi connectivity index (χ1n) is 7.84. The minimum atomic E-state index is -0.0571. The average molecular weight is 288 g/mol. The minimum absolute atomic E-state index is 0.0571. The van der Waals surface area contributed by atoms with Gasteiger partial charge in [-0.3, -0.25) is 4.79 Å². The fourth-order valence-electron chi connectivity index (χ4n) is 3.28. The number of carbonyl (C=O) groups excluding carboxylic acids is 1. The molecule has 0 bridgehead atoms. The second-order valence-electron chi connectivity index (χ2n) is 6.64. The number of carbonyl (C=O) groups is 1. The second-order valence-corrected chi connectivity index (χ2v) is 6.64. The van der Waals surface area contributed by atoms with Crippen molar-refractivity contribution >= 4 is 17.3 Å². The first-order chi connectivity index (χ1) is 10.0. The molecule has 2 fully saturated rings. The molecule has 114 valence electrons. The van der Waals surface area contributed by atoms with Gasteiger partial charge in [-0.1, -0.05) is 6.07 Å². The van der Waals surface area contributed by atoms with Crippen LogP contribution in [0, 0.1) is 0 Å². The van der Waals surface area contributed by atoms with Crippen molar-refractivity contribution in [3.8, 4) is 0 Å². The molecule has 3 rings (SSSR count). The molecule has 4 heteroatoms. The lowest BCUT2D eigenvalue weighted by Gasteiger charge is -2.36. The zero-order valence-corrected chi connectivity index (χ0v) is 12.9. The van der Waals surface area contributed by atoms with E-state index in [1.165, 1.54) is 0 Å². The van der Waals surface area contributed by atoms with E-state index in [1.54, 1.807) is 0 Å². The summed E-state index contributed by atoms with van der Waals surface area (Å²) in [5, 5.41) is 3.60. The number of nitrogens with one attached hydrogen (secondary N) is 1. The van der Waals surface area contributed by atoms with Crippen molar-refractivity contribution in [2.24, 2.45) is 0 Å². The van der Waals surface area contributed by atoms with Crippen LogP contribution in [0.1, 0.15) is 39.5 Å². The smallest absolute Gasteiger partial charge is 0.227 e. The SMILES string of the molecule is CC1(C)CC(Nc2cccc(N3CCCC3=O)c2)CCO1. The van der Waals surface area contributed by atoms with Crippen LogP contribution in [0.5, 0.6) is 0 Å². The first kappa shape index (κ1) is 14.4. The molecule has 2 aliphatic rings. The van der Waals surface area contributed by atoms with Crippen molar-refractivity contribution in [1.82, 2.24) is 0 Å². The summed E-state index contributed by atoms with van der Waals surface area (Å²) < 4.78 is 5.76. The van der Waals surface area contributed by atoms with Crippen LogP contribution in [-0.4, -0.2) is 30.7 Å². The third-order valence-electron chi connectivity index (χ3n) is 4.30. The van der Waals surface area contributed by atoms with E-state index < -0.39 is 0 Å². The van der Waals surface area contributed by atoms with E-state index in [1.807, 2.05) is 17.0 Å². The van der Waals surface area contributed by atoms with E-state index in [2.05, 4.69) is 31.3 Å². The molecule has 0 aliphatic carbocycles. The van der Waals surface area contributed by atoms with E-state index in [0.29, 0.717) is 12.5 Å². The highest BCUT2D eigenvalue weighted by atomic mass is 16.5. The van der Waals surface area contributed by atoms with Gasteiger partial charge >= 0.3 is 0 Å². The van der Waals surface area contributed by atoms with E-state index in [9.17, 15) is 4.79 Å². The summed E-state index contributed by atoms with van der Waals surface area (Å²) in [6.45, 7) is 5.92. The molecule has 2 aliphatic heterocycles. The Bertz CT molecular complexity index is 527. The van der Waals surface area contributed by atoms with Crippen LogP contribution in [0.3, 0.4) is 0 Å². The van der Waals surface area contributed by atoms with Gasteiger partial charge < -0.3 is 15.0 Å². The summed E-state index contributed by atoms with van der Waals surface area (Å²) in [6, 6.07) is 8.63. The molecule has 2 saturated heterocycles. The summed E-state index contributed by atoms with van der Waals surface area (Å²) >= 11 is 0. The molecule has 1 aromatic carbocycles. The van der Waals surface area contributed by atoms with Crippen molar-refractivity contribution in [3.05, 3.63) is 24.3 Å². The monoisotopic (exact) mass is 288 g/mol. The maximum absolute atomic E-state index is 11.9. The number of benzene rings is 1. The molecule has 21 heavy (non-hydrogen) atoms. The summed E-state index contributed by atoms with van der Waals surface area (Å²) in [7, 11) is 0. The number of hydrogen-bond donors (Lipinski definition) is 1. The van der Waals surface area contributed by atoms with Crippen LogP contribution in [0.4, 0.5) is 11.4 Å². The zero-order chi connectivity index (χ0) is 14.9. The van der Waals surface area contributed by atoms with Crippen LogP contribution in [-0.2, 0) is 9.53 Å². The Hall–Kier alpha value is -1.55. The second kappa shape index (κ2) is 5.68. The lowest BCUT2D eigenvalue weighted by molar-refractivity contribution is -0.117. The molecule has 0 saturated carbocycles. The Balaban J connectivity index is 1.70. The molecular formula is C17H24N2O2. The lowest BCUT2D eigenvalue weighted by Crippen LogP contribution is -2.40. The molecular weight excluding hydrogens is 264 g/mol. The van der Waals surface area contributed by atoms with Gasteiger partial charge in [-0.05, 0) is 51.3 Å². The normalized spacial score (nSPS) is 25.1. The van der Waals surface area contributed by atoms with Crippen LogP contribution in [0.25, 0.3) is 0 Å². The van der Waals surface area contributed by atoms with E-state index >= 15 is 0 Å². The van der Waals surface area contributed by atoms with Gasteiger partial charge in [-0.2, -0.15) is 0 Å². The molecule has 1 atom stereocenters. The molecule has 1 amide bonds. The maximum Gasteiger partial charge on any atom is 0.227 e. The maximum atomic E-state index is 11.9. The van der Waals surface area contributed by atoms with Crippen molar-refractivity contribution in [2.75, 3.05) is 23.4 Å². The lowest BCUT2D eigenvalue weighted by atomic mass is 9.94. The van der Waals surface area contributed by atoms with Gasteiger partial charge in [-0.15, -0.1) is 0 Å². The quantitative estimate of drug-likeness (QED) is 0.928. The van der Waals surface area contributed by atoms with Gasteiger partial charge in [0.25, 0.3) is 0 Å². The first-order valence-corrected chi connectivity index (χ1v) is 7.84. The summed E-state index contributed by atoms with van der Waals surface area (Å²) in [6.07, 6.45) is 3.66. The summed E-state index contributed by atoms with van der Waals surface area (Å²) in [4.78, 5) is 13.7. The Morgan fingerprint density at radius 2 is 2.24 bits per heavy atom. The van der Waals surface area contributed by atoms with E-state index in [-0.39, 0.29) is 11.5 Å². The van der Waals surface area contributed by atoms with Gasteiger partial charge in [0.2, 0.25) is 5.91 Å². The van der Waals surface area contributed by atoms with Gasteiger partial charge in [-0.25, -0.2) is 0 Å². The highest BCUT2D eigenvalue weighted by molar-refractivity contribution is 5.95. The molecule has 0 spiro atoms. The fourth-order valence-corrected chi connectivity index (χ4v) is 3.28. The predicted molar refractivity (Wildman–Crippen MR) is 84.7 cm³/mol. The molecule has 0 radical (unpaired) electrons. The van der Waals surface area contributed by atoms with Crippen LogP contribution >= 0.6 is 0 Å². The molecule has 0 aromatic heterocycles. The predicted octanol–water partition coefficient (Wildman–Crippen LogP) is 3.18. The van der Waals surface area contributed by atoms with Gasteiger partial charge in [0, 0.05) is 37.0 Å².